The molecule has 0 aliphatic carbocycles. The Morgan fingerprint density at radius 3 is 2.88 bits per heavy atom. The van der Waals surface area contributed by atoms with Gasteiger partial charge in [-0.1, -0.05) is 13.8 Å². The van der Waals surface area contributed by atoms with Gasteiger partial charge < -0.3 is 5.32 Å². The highest BCUT2D eigenvalue weighted by Crippen LogP contribution is 2.28. The highest BCUT2D eigenvalue weighted by Gasteiger charge is 2.16. The highest BCUT2D eigenvalue weighted by molar-refractivity contribution is 7.12. The van der Waals surface area contributed by atoms with Crippen molar-refractivity contribution in [1.29, 1.82) is 0 Å². The monoisotopic (exact) mass is 249 g/mol. The lowest BCUT2D eigenvalue weighted by Crippen LogP contribution is -2.21. The summed E-state index contributed by atoms with van der Waals surface area (Å²) in [5.41, 5.74) is 1.21. The molecule has 0 aliphatic rings. The van der Waals surface area contributed by atoms with Crippen LogP contribution in [0.25, 0.3) is 0 Å². The molecule has 3 nitrogen and oxygen atoms in total. The lowest BCUT2D eigenvalue weighted by atomic mass is 10.1. The molecule has 1 unspecified atom stereocenters. The van der Waals surface area contributed by atoms with Crippen molar-refractivity contribution in [3.63, 3.8) is 0 Å². The molecule has 1 atom stereocenters. The number of thiophene rings is 1. The molecule has 4 heteroatoms. The third-order valence-electron chi connectivity index (χ3n) is 2.77. The molecule has 0 aliphatic heterocycles. The van der Waals surface area contributed by atoms with E-state index in [1.54, 1.807) is 0 Å². The molecular formula is C13H19N3S. The predicted octanol–water partition coefficient (Wildman–Crippen LogP) is 3.12. The normalized spacial score (nSPS) is 12.8. The molecule has 2 heterocycles. The Hall–Kier alpha value is -1.13. The number of hydrogen-bond acceptors (Lipinski definition) is 3. The van der Waals surface area contributed by atoms with Crippen LogP contribution >= 0.6 is 11.3 Å². The van der Waals surface area contributed by atoms with Crippen LogP contribution in [-0.4, -0.2) is 16.7 Å². The Bertz CT molecular complexity index is 433. The fourth-order valence-corrected chi connectivity index (χ4v) is 2.89. The van der Waals surface area contributed by atoms with Crippen LogP contribution in [0.4, 0.5) is 0 Å². The summed E-state index contributed by atoms with van der Waals surface area (Å²) < 4.78 is 0. The zero-order valence-electron chi connectivity index (χ0n) is 10.4. The smallest absolute Gasteiger partial charge is 0.0702 e. The summed E-state index contributed by atoms with van der Waals surface area (Å²) in [6, 6.07) is 4.73. The number of hydrogen-bond donors (Lipinski definition) is 2. The van der Waals surface area contributed by atoms with E-state index in [9.17, 15) is 0 Å². The fraction of sp³-hybridized carbons (Fsp3) is 0.462. The van der Waals surface area contributed by atoms with Crippen molar-refractivity contribution in [2.45, 2.75) is 32.7 Å². The van der Waals surface area contributed by atoms with Crippen molar-refractivity contribution < 1.29 is 0 Å². The van der Waals surface area contributed by atoms with E-state index in [1.165, 1.54) is 15.3 Å². The molecule has 0 bridgehead atoms. The van der Waals surface area contributed by atoms with E-state index in [0.29, 0.717) is 0 Å². The van der Waals surface area contributed by atoms with Crippen molar-refractivity contribution in [2.24, 2.45) is 0 Å². The standard InChI is InChI=1S/C13H19N3S/c1-3-7-14-13(10-8-15-16-9-10)12-6-5-11(4-2)17-12/h5-6,8-9,13-14H,3-4,7H2,1-2H3,(H,15,16). The molecular weight excluding hydrogens is 230 g/mol. The Balaban J connectivity index is 2.20. The number of aromatic nitrogens is 2. The Labute approximate surface area is 106 Å². The molecule has 0 aromatic carbocycles. The topological polar surface area (TPSA) is 40.7 Å². The van der Waals surface area contributed by atoms with Crippen molar-refractivity contribution >= 4 is 11.3 Å². The molecule has 0 radical (unpaired) electrons. The molecule has 2 rings (SSSR count). The minimum Gasteiger partial charge on any atom is -0.306 e. The largest absolute Gasteiger partial charge is 0.306 e. The molecule has 2 aromatic rings. The number of H-pyrrole nitrogens is 1. The number of nitrogens with zero attached hydrogens (tertiary/aromatic N) is 1. The van der Waals surface area contributed by atoms with E-state index in [0.717, 1.165) is 19.4 Å². The van der Waals surface area contributed by atoms with Crippen molar-refractivity contribution in [3.8, 4) is 0 Å². The lowest BCUT2D eigenvalue weighted by Gasteiger charge is -2.15. The summed E-state index contributed by atoms with van der Waals surface area (Å²) in [4.78, 5) is 2.81. The summed E-state index contributed by atoms with van der Waals surface area (Å²) in [5.74, 6) is 0. The van der Waals surface area contributed by atoms with E-state index < -0.39 is 0 Å². The van der Waals surface area contributed by atoms with Gasteiger partial charge in [0.1, 0.15) is 0 Å². The van der Waals surface area contributed by atoms with Crippen molar-refractivity contribution in [3.05, 3.63) is 39.8 Å². The fourth-order valence-electron chi connectivity index (χ4n) is 1.83. The first-order valence-corrected chi connectivity index (χ1v) is 6.97. The van der Waals surface area contributed by atoms with Gasteiger partial charge in [-0.3, -0.25) is 5.10 Å². The SMILES string of the molecule is CCCNC(c1cn[nH]c1)c1ccc(CC)s1. The second-order valence-electron chi connectivity index (χ2n) is 4.08. The molecule has 0 fully saturated rings. The molecule has 2 N–H and O–H groups in total. The number of rotatable bonds is 6. The summed E-state index contributed by atoms with van der Waals surface area (Å²) >= 11 is 1.89. The maximum Gasteiger partial charge on any atom is 0.0702 e. The van der Waals surface area contributed by atoms with Gasteiger partial charge in [-0.2, -0.15) is 5.10 Å². The number of nitrogens with one attached hydrogen (secondary N) is 2. The van der Waals surface area contributed by atoms with Gasteiger partial charge >= 0.3 is 0 Å². The van der Waals surface area contributed by atoms with Crippen LogP contribution in [0.1, 0.15) is 41.6 Å². The van der Waals surface area contributed by atoms with Gasteiger partial charge in [-0.25, -0.2) is 0 Å². The number of aromatic amines is 1. The molecule has 92 valence electrons. The molecule has 0 saturated carbocycles. The van der Waals surface area contributed by atoms with Gasteiger partial charge in [0.15, 0.2) is 0 Å². The third kappa shape index (κ3) is 2.96. The van der Waals surface area contributed by atoms with Crippen molar-refractivity contribution in [2.75, 3.05) is 6.54 Å². The predicted molar refractivity (Wildman–Crippen MR) is 72.4 cm³/mol. The van der Waals surface area contributed by atoms with Gasteiger partial charge in [0.2, 0.25) is 0 Å². The van der Waals surface area contributed by atoms with Crippen LogP contribution in [0, 0.1) is 0 Å². The molecule has 0 amide bonds. The Kier molecular flexibility index (Phi) is 4.34. The van der Waals surface area contributed by atoms with Crippen LogP contribution in [0.2, 0.25) is 0 Å². The molecule has 0 spiro atoms. The third-order valence-corrected chi connectivity index (χ3v) is 4.06. The van der Waals surface area contributed by atoms with Gasteiger partial charge in [-0.15, -0.1) is 11.3 Å². The minimum absolute atomic E-state index is 0.277. The quantitative estimate of drug-likeness (QED) is 0.826. The van der Waals surface area contributed by atoms with Gasteiger partial charge in [0.05, 0.1) is 12.2 Å². The van der Waals surface area contributed by atoms with Crippen LogP contribution in [0.3, 0.4) is 0 Å². The minimum atomic E-state index is 0.277. The second-order valence-corrected chi connectivity index (χ2v) is 5.28. The van der Waals surface area contributed by atoms with Crippen LogP contribution in [0.5, 0.6) is 0 Å². The number of aryl methyl sites for hydroxylation is 1. The first-order chi connectivity index (χ1) is 8.35. The van der Waals surface area contributed by atoms with Crippen LogP contribution < -0.4 is 5.32 Å². The second kappa shape index (κ2) is 5.98. The Morgan fingerprint density at radius 2 is 2.29 bits per heavy atom. The van der Waals surface area contributed by atoms with Gasteiger partial charge in [-0.05, 0) is 31.5 Å². The Morgan fingerprint density at radius 1 is 1.41 bits per heavy atom. The first-order valence-electron chi connectivity index (χ1n) is 6.15. The molecule has 17 heavy (non-hydrogen) atoms. The average Bonchev–Trinajstić information content (AvgIpc) is 3.00. The van der Waals surface area contributed by atoms with Gasteiger partial charge in [0, 0.05) is 21.5 Å². The summed E-state index contributed by atoms with van der Waals surface area (Å²) in [5, 5.41) is 10.5. The van der Waals surface area contributed by atoms with E-state index >= 15 is 0 Å². The van der Waals surface area contributed by atoms with E-state index in [1.807, 2.05) is 23.7 Å². The van der Waals surface area contributed by atoms with Gasteiger partial charge in [0.25, 0.3) is 0 Å². The molecule has 2 aromatic heterocycles. The zero-order valence-corrected chi connectivity index (χ0v) is 11.2. The molecule has 0 saturated heterocycles. The van der Waals surface area contributed by atoms with E-state index in [2.05, 4.69) is 41.5 Å². The van der Waals surface area contributed by atoms with Crippen LogP contribution in [-0.2, 0) is 6.42 Å². The van der Waals surface area contributed by atoms with E-state index in [4.69, 9.17) is 0 Å². The summed E-state index contributed by atoms with van der Waals surface area (Å²) in [6.07, 6.45) is 6.12. The van der Waals surface area contributed by atoms with Crippen LogP contribution in [0.15, 0.2) is 24.5 Å². The average molecular weight is 249 g/mol. The maximum absolute atomic E-state index is 4.04. The van der Waals surface area contributed by atoms with E-state index in [-0.39, 0.29) is 6.04 Å². The zero-order chi connectivity index (χ0) is 12.1. The van der Waals surface area contributed by atoms with Crippen molar-refractivity contribution in [1.82, 2.24) is 15.5 Å². The summed E-state index contributed by atoms with van der Waals surface area (Å²) in [7, 11) is 0. The summed E-state index contributed by atoms with van der Waals surface area (Å²) in [6.45, 7) is 5.41. The highest BCUT2D eigenvalue weighted by atomic mass is 32.1. The first kappa shape index (κ1) is 12.3. The maximum atomic E-state index is 4.04. The lowest BCUT2D eigenvalue weighted by molar-refractivity contribution is 0.606.